The Morgan fingerprint density at radius 1 is 1.11 bits per heavy atom. The number of halogens is 1. The van der Waals surface area contributed by atoms with Crippen LogP contribution in [0.5, 0.6) is 0 Å². The van der Waals surface area contributed by atoms with E-state index in [1.807, 2.05) is 31.2 Å². The number of nitrogens with zero attached hydrogens (tertiary/aromatic N) is 1. The molecule has 1 heterocycles. The van der Waals surface area contributed by atoms with Crippen molar-refractivity contribution in [3.8, 4) is 0 Å². The molecule has 1 fully saturated rings. The van der Waals surface area contributed by atoms with E-state index in [1.54, 1.807) is 31.2 Å². The molecule has 1 saturated heterocycles. The van der Waals surface area contributed by atoms with Gasteiger partial charge in [0.2, 0.25) is 0 Å². The quantitative estimate of drug-likeness (QED) is 0.442. The lowest BCUT2D eigenvalue weighted by atomic mass is 9.95. The van der Waals surface area contributed by atoms with E-state index >= 15 is 0 Å². The van der Waals surface area contributed by atoms with Gasteiger partial charge in [-0.3, -0.25) is 9.59 Å². The Morgan fingerprint density at radius 3 is 2.26 bits per heavy atom. The first kappa shape index (κ1) is 19.3. The maximum Gasteiger partial charge on any atom is 0.295 e. The van der Waals surface area contributed by atoms with Crippen molar-refractivity contribution in [1.82, 2.24) is 4.90 Å². The molecule has 140 valence electrons. The monoisotopic (exact) mass is 429 g/mol. The fraction of sp³-hybridized carbons (Fsp3) is 0.238. The molecule has 2 aromatic carbocycles. The van der Waals surface area contributed by atoms with Crippen LogP contribution in [0.25, 0.3) is 5.76 Å². The summed E-state index contributed by atoms with van der Waals surface area (Å²) in [6.07, 6.45) is -0.805. The van der Waals surface area contributed by atoms with Gasteiger partial charge in [-0.05, 0) is 31.5 Å². The van der Waals surface area contributed by atoms with Crippen molar-refractivity contribution in [2.75, 3.05) is 6.54 Å². The van der Waals surface area contributed by atoms with Gasteiger partial charge in [0, 0.05) is 16.6 Å². The Kier molecular flexibility index (Phi) is 5.48. The highest BCUT2D eigenvalue weighted by molar-refractivity contribution is 9.10. The molecule has 1 aliphatic heterocycles. The lowest BCUT2D eigenvalue weighted by Gasteiger charge is -2.26. The third-order valence-electron chi connectivity index (χ3n) is 4.51. The first-order valence-corrected chi connectivity index (χ1v) is 9.38. The Morgan fingerprint density at radius 2 is 1.70 bits per heavy atom. The molecule has 0 spiro atoms. The number of Topliss-reactive ketones (excluding diaryl/α,β-unsaturated/α-hetero) is 1. The molecule has 3 rings (SSSR count). The zero-order chi connectivity index (χ0) is 19.7. The number of β-amino-alcohol motifs (C(OH)–C–C–N with tert-alkyl or cyclic N) is 1. The Hall–Kier alpha value is -2.44. The second kappa shape index (κ2) is 7.66. The summed E-state index contributed by atoms with van der Waals surface area (Å²) < 4.78 is 0.859. The second-order valence-electron chi connectivity index (χ2n) is 6.72. The van der Waals surface area contributed by atoms with Gasteiger partial charge in [0.05, 0.1) is 17.7 Å². The molecule has 0 unspecified atom stereocenters. The summed E-state index contributed by atoms with van der Waals surface area (Å²) >= 11 is 3.37. The summed E-state index contributed by atoms with van der Waals surface area (Å²) in [4.78, 5) is 26.6. The molecule has 1 aliphatic rings. The normalized spacial score (nSPS) is 20.1. The van der Waals surface area contributed by atoms with Crippen LogP contribution in [0.15, 0.2) is 58.6 Å². The van der Waals surface area contributed by atoms with Gasteiger partial charge in [-0.25, -0.2) is 0 Å². The minimum Gasteiger partial charge on any atom is -0.507 e. The van der Waals surface area contributed by atoms with Crippen molar-refractivity contribution in [3.63, 3.8) is 0 Å². The highest BCUT2D eigenvalue weighted by Gasteiger charge is 2.46. The summed E-state index contributed by atoms with van der Waals surface area (Å²) in [6, 6.07) is 13.5. The molecule has 1 amide bonds. The smallest absolute Gasteiger partial charge is 0.295 e. The zero-order valence-corrected chi connectivity index (χ0v) is 16.6. The summed E-state index contributed by atoms with van der Waals surface area (Å²) in [6.45, 7) is 3.47. The van der Waals surface area contributed by atoms with Gasteiger partial charge in [-0.1, -0.05) is 57.9 Å². The lowest BCUT2D eigenvalue weighted by molar-refractivity contribution is -0.140. The topological polar surface area (TPSA) is 77.8 Å². The summed E-state index contributed by atoms with van der Waals surface area (Å²) in [5.74, 6) is -1.69. The number of likely N-dealkylation sites (tertiary alicyclic amines) is 1. The average Bonchev–Trinajstić information content (AvgIpc) is 2.87. The molecule has 5 nitrogen and oxygen atoms in total. The number of aliphatic hydroxyl groups is 2. The number of rotatable bonds is 4. The van der Waals surface area contributed by atoms with Gasteiger partial charge in [0.15, 0.2) is 0 Å². The van der Waals surface area contributed by atoms with E-state index in [2.05, 4.69) is 15.9 Å². The molecule has 0 aliphatic carbocycles. The Labute approximate surface area is 166 Å². The largest absolute Gasteiger partial charge is 0.507 e. The van der Waals surface area contributed by atoms with E-state index in [0.29, 0.717) is 11.1 Å². The molecule has 2 N–H and O–H groups in total. The average molecular weight is 430 g/mol. The fourth-order valence-corrected chi connectivity index (χ4v) is 3.48. The van der Waals surface area contributed by atoms with E-state index in [1.165, 1.54) is 4.90 Å². The van der Waals surface area contributed by atoms with Crippen LogP contribution in [-0.2, 0) is 9.59 Å². The number of carbonyl (C=O) groups is 2. The molecule has 27 heavy (non-hydrogen) atoms. The Balaban J connectivity index is 2.17. The fourth-order valence-electron chi connectivity index (χ4n) is 3.21. The van der Waals surface area contributed by atoms with E-state index in [9.17, 15) is 19.8 Å². The maximum atomic E-state index is 12.7. The Bertz CT molecular complexity index is 901. The zero-order valence-electron chi connectivity index (χ0n) is 15.0. The minimum atomic E-state index is -0.805. The molecule has 2 aromatic rings. The molecule has 6 heteroatoms. The van der Waals surface area contributed by atoms with Gasteiger partial charge in [-0.15, -0.1) is 0 Å². The second-order valence-corrected chi connectivity index (χ2v) is 7.63. The molecule has 0 aromatic heterocycles. The molecule has 0 radical (unpaired) electrons. The number of hydrogen-bond acceptors (Lipinski definition) is 4. The van der Waals surface area contributed by atoms with Crippen LogP contribution in [0, 0.1) is 6.92 Å². The van der Waals surface area contributed by atoms with Crippen LogP contribution in [0.1, 0.15) is 29.7 Å². The molecule has 0 bridgehead atoms. The lowest BCUT2D eigenvalue weighted by Crippen LogP contribution is -2.35. The third kappa shape index (κ3) is 3.82. The predicted octanol–water partition coefficient (Wildman–Crippen LogP) is 3.56. The number of carbonyl (C=O) groups excluding carboxylic acids is 2. The predicted molar refractivity (Wildman–Crippen MR) is 106 cm³/mol. The molecular weight excluding hydrogens is 410 g/mol. The van der Waals surface area contributed by atoms with Crippen molar-refractivity contribution in [3.05, 3.63) is 75.3 Å². The van der Waals surface area contributed by atoms with E-state index in [-0.39, 0.29) is 17.9 Å². The molecule has 0 saturated carbocycles. The third-order valence-corrected chi connectivity index (χ3v) is 5.04. The number of ketones is 1. The number of aryl methyl sites for hydroxylation is 1. The molecular formula is C21H20BrNO4. The first-order valence-electron chi connectivity index (χ1n) is 8.58. The number of amides is 1. The van der Waals surface area contributed by atoms with Gasteiger partial charge < -0.3 is 15.1 Å². The summed E-state index contributed by atoms with van der Waals surface area (Å²) in [7, 11) is 0. The van der Waals surface area contributed by atoms with E-state index in [0.717, 1.165) is 10.0 Å². The van der Waals surface area contributed by atoms with Crippen LogP contribution in [0.2, 0.25) is 0 Å². The van der Waals surface area contributed by atoms with E-state index in [4.69, 9.17) is 0 Å². The van der Waals surface area contributed by atoms with Gasteiger partial charge in [0.25, 0.3) is 11.7 Å². The van der Waals surface area contributed by atoms with E-state index < -0.39 is 23.8 Å². The van der Waals surface area contributed by atoms with Crippen LogP contribution in [-0.4, -0.2) is 39.5 Å². The van der Waals surface area contributed by atoms with Crippen LogP contribution in [0.4, 0.5) is 0 Å². The van der Waals surface area contributed by atoms with Crippen molar-refractivity contribution in [2.24, 2.45) is 0 Å². The van der Waals surface area contributed by atoms with Crippen molar-refractivity contribution in [1.29, 1.82) is 0 Å². The van der Waals surface area contributed by atoms with Crippen LogP contribution < -0.4 is 0 Å². The van der Waals surface area contributed by atoms with Gasteiger partial charge in [-0.2, -0.15) is 0 Å². The van der Waals surface area contributed by atoms with Crippen molar-refractivity contribution in [2.45, 2.75) is 26.0 Å². The SMILES string of the molecule is Cc1ccc(C(O)=C2C(=O)C(=O)N(C[C@H](C)O)[C@@H]2c2ccc(Br)cc2)cc1. The standard InChI is InChI=1S/C21H20BrNO4/c1-12-3-5-15(6-4-12)19(25)17-18(14-7-9-16(22)10-8-14)23(11-13(2)24)21(27)20(17)26/h3-10,13,18,24-25H,11H2,1-2H3/t13-,18+/m0/s1. The highest BCUT2D eigenvalue weighted by atomic mass is 79.9. The minimum absolute atomic E-state index is 0.00399. The van der Waals surface area contributed by atoms with Gasteiger partial charge in [0.1, 0.15) is 5.76 Å². The maximum absolute atomic E-state index is 12.7. The van der Waals surface area contributed by atoms with Crippen molar-refractivity contribution < 1.29 is 19.8 Å². The molecule has 2 atom stereocenters. The number of hydrogen-bond donors (Lipinski definition) is 2. The summed E-state index contributed by atoms with van der Waals surface area (Å²) in [5.41, 5.74) is 2.21. The van der Waals surface area contributed by atoms with Crippen LogP contribution >= 0.6 is 15.9 Å². The van der Waals surface area contributed by atoms with Gasteiger partial charge >= 0.3 is 0 Å². The first-order chi connectivity index (χ1) is 12.8. The van der Waals surface area contributed by atoms with Crippen LogP contribution in [0.3, 0.4) is 0 Å². The number of benzene rings is 2. The summed E-state index contributed by atoms with van der Waals surface area (Å²) in [5, 5.41) is 20.7. The highest BCUT2D eigenvalue weighted by Crippen LogP contribution is 2.39. The van der Waals surface area contributed by atoms with Crippen molar-refractivity contribution >= 4 is 33.4 Å². The number of aliphatic hydroxyl groups excluding tert-OH is 2.